The minimum absolute atomic E-state index is 0.121. The molecule has 0 saturated carbocycles. The van der Waals surface area contributed by atoms with Crippen molar-refractivity contribution in [3.8, 4) is 5.75 Å². The van der Waals surface area contributed by atoms with E-state index in [1.165, 1.54) is 13.2 Å². The average Bonchev–Trinajstić information content (AvgIpc) is 2.67. The van der Waals surface area contributed by atoms with Gasteiger partial charge in [0, 0.05) is 6.08 Å². The molecule has 0 radical (unpaired) electrons. The van der Waals surface area contributed by atoms with Gasteiger partial charge in [0.1, 0.15) is 5.75 Å². The van der Waals surface area contributed by atoms with Gasteiger partial charge in [0.15, 0.2) is 0 Å². The number of ether oxygens (including phenoxy) is 2. The number of carbonyl (C=O) groups is 2. The van der Waals surface area contributed by atoms with E-state index in [4.69, 9.17) is 4.74 Å². The predicted molar refractivity (Wildman–Crippen MR) is 101 cm³/mol. The minimum Gasteiger partial charge on any atom is -0.494 e. The normalized spacial score (nSPS) is 11.8. The van der Waals surface area contributed by atoms with E-state index in [1.807, 2.05) is 38.1 Å². The molecule has 1 atom stereocenters. The van der Waals surface area contributed by atoms with Gasteiger partial charge in [-0.3, -0.25) is 4.79 Å². The second kappa shape index (κ2) is 9.42. The molecule has 0 aliphatic rings. The van der Waals surface area contributed by atoms with Crippen LogP contribution in [0.4, 0.5) is 0 Å². The lowest BCUT2D eigenvalue weighted by molar-refractivity contribution is -0.117. The first-order valence-electron chi connectivity index (χ1n) is 8.43. The molecule has 1 amide bonds. The fourth-order valence-electron chi connectivity index (χ4n) is 2.38. The number of esters is 1. The highest BCUT2D eigenvalue weighted by atomic mass is 16.5. The van der Waals surface area contributed by atoms with Crippen molar-refractivity contribution in [2.75, 3.05) is 13.7 Å². The van der Waals surface area contributed by atoms with Gasteiger partial charge in [0.05, 0.1) is 25.3 Å². The third kappa shape index (κ3) is 5.48. The second-order valence-corrected chi connectivity index (χ2v) is 5.68. The summed E-state index contributed by atoms with van der Waals surface area (Å²) < 4.78 is 10.1. The molecular weight excluding hydrogens is 330 g/mol. The van der Waals surface area contributed by atoms with Gasteiger partial charge in [-0.25, -0.2) is 4.79 Å². The molecule has 2 aromatic rings. The maximum atomic E-state index is 12.1. The molecule has 0 aromatic heterocycles. The molecule has 1 N–H and O–H groups in total. The SMILES string of the molecule is CCOc1ccc(C(C)NC(=O)/C=C/c2ccc(C(=O)OC)cc2)cc1. The zero-order chi connectivity index (χ0) is 18.9. The first-order valence-corrected chi connectivity index (χ1v) is 8.43. The topological polar surface area (TPSA) is 64.6 Å². The number of methoxy groups -OCH3 is 1. The lowest BCUT2D eigenvalue weighted by Crippen LogP contribution is -2.24. The van der Waals surface area contributed by atoms with E-state index in [0.717, 1.165) is 16.9 Å². The van der Waals surface area contributed by atoms with Crippen molar-refractivity contribution in [1.29, 1.82) is 0 Å². The van der Waals surface area contributed by atoms with E-state index in [2.05, 4.69) is 10.1 Å². The van der Waals surface area contributed by atoms with Crippen molar-refractivity contribution in [1.82, 2.24) is 5.32 Å². The van der Waals surface area contributed by atoms with Gasteiger partial charge in [-0.15, -0.1) is 0 Å². The van der Waals surface area contributed by atoms with Crippen LogP contribution < -0.4 is 10.1 Å². The maximum Gasteiger partial charge on any atom is 0.337 e. The first kappa shape index (κ1) is 19.2. The van der Waals surface area contributed by atoms with Crippen LogP contribution in [0, 0.1) is 0 Å². The summed E-state index contributed by atoms with van der Waals surface area (Å²) >= 11 is 0. The van der Waals surface area contributed by atoms with Crippen molar-refractivity contribution >= 4 is 18.0 Å². The number of carbonyl (C=O) groups excluding carboxylic acids is 2. The summed E-state index contributed by atoms with van der Waals surface area (Å²) in [5.74, 6) is 0.232. The molecule has 0 saturated heterocycles. The number of hydrogen-bond acceptors (Lipinski definition) is 4. The molecule has 0 aliphatic heterocycles. The molecule has 5 heteroatoms. The Bertz CT molecular complexity index is 764. The molecule has 0 aliphatic carbocycles. The lowest BCUT2D eigenvalue weighted by Gasteiger charge is -2.13. The Hall–Kier alpha value is -3.08. The third-order valence-electron chi connectivity index (χ3n) is 3.81. The van der Waals surface area contributed by atoms with Crippen LogP contribution in [-0.2, 0) is 9.53 Å². The highest BCUT2D eigenvalue weighted by Crippen LogP contribution is 2.17. The van der Waals surface area contributed by atoms with Crippen LogP contribution in [0.15, 0.2) is 54.6 Å². The van der Waals surface area contributed by atoms with Gasteiger partial charge in [0.25, 0.3) is 0 Å². The van der Waals surface area contributed by atoms with Gasteiger partial charge in [-0.1, -0.05) is 24.3 Å². The monoisotopic (exact) mass is 353 g/mol. The number of benzene rings is 2. The van der Waals surface area contributed by atoms with Crippen molar-refractivity contribution in [2.45, 2.75) is 19.9 Å². The number of nitrogens with one attached hydrogen (secondary N) is 1. The van der Waals surface area contributed by atoms with E-state index >= 15 is 0 Å². The summed E-state index contributed by atoms with van der Waals surface area (Å²) in [5, 5.41) is 2.92. The van der Waals surface area contributed by atoms with Crippen LogP contribution in [0.3, 0.4) is 0 Å². The van der Waals surface area contributed by atoms with E-state index in [9.17, 15) is 9.59 Å². The van der Waals surface area contributed by atoms with Gasteiger partial charge in [-0.2, -0.15) is 0 Å². The Balaban J connectivity index is 1.92. The van der Waals surface area contributed by atoms with E-state index in [-0.39, 0.29) is 17.9 Å². The number of amides is 1. The molecule has 0 bridgehead atoms. The van der Waals surface area contributed by atoms with Crippen molar-refractivity contribution < 1.29 is 19.1 Å². The second-order valence-electron chi connectivity index (χ2n) is 5.68. The fraction of sp³-hybridized carbons (Fsp3) is 0.238. The van der Waals surface area contributed by atoms with Gasteiger partial charge < -0.3 is 14.8 Å². The van der Waals surface area contributed by atoms with Gasteiger partial charge in [-0.05, 0) is 55.3 Å². The molecule has 0 fully saturated rings. The molecule has 0 heterocycles. The van der Waals surface area contributed by atoms with Crippen LogP contribution in [0.5, 0.6) is 5.75 Å². The van der Waals surface area contributed by atoms with Crippen LogP contribution in [-0.4, -0.2) is 25.6 Å². The molecule has 2 rings (SSSR count). The zero-order valence-electron chi connectivity index (χ0n) is 15.2. The first-order chi connectivity index (χ1) is 12.5. The fourth-order valence-corrected chi connectivity index (χ4v) is 2.38. The van der Waals surface area contributed by atoms with Crippen LogP contribution in [0.1, 0.15) is 41.4 Å². The number of hydrogen-bond donors (Lipinski definition) is 1. The predicted octanol–water partition coefficient (Wildman–Crippen LogP) is 3.76. The maximum absolute atomic E-state index is 12.1. The van der Waals surface area contributed by atoms with E-state index < -0.39 is 0 Å². The van der Waals surface area contributed by atoms with Crippen molar-refractivity contribution in [3.05, 3.63) is 71.3 Å². The largest absolute Gasteiger partial charge is 0.494 e. The Morgan fingerprint density at radius 3 is 2.31 bits per heavy atom. The summed E-state index contributed by atoms with van der Waals surface area (Å²) in [7, 11) is 1.34. The van der Waals surface area contributed by atoms with Gasteiger partial charge >= 0.3 is 5.97 Å². The highest BCUT2D eigenvalue weighted by molar-refractivity contribution is 5.92. The summed E-state index contributed by atoms with van der Waals surface area (Å²) in [6.07, 6.45) is 3.17. The standard InChI is InChI=1S/C21H23NO4/c1-4-26-19-12-10-17(11-13-19)15(2)22-20(23)14-7-16-5-8-18(9-6-16)21(24)25-3/h5-15H,4H2,1-3H3,(H,22,23)/b14-7+. The summed E-state index contributed by atoms with van der Waals surface area (Å²) in [6, 6.07) is 14.4. The Morgan fingerprint density at radius 2 is 1.73 bits per heavy atom. The summed E-state index contributed by atoms with van der Waals surface area (Å²) in [5.41, 5.74) is 2.29. The Morgan fingerprint density at radius 1 is 1.08 bits per heavy atom. The van der Waals surface area contributed by atoms with E-state index in [1.54, 1.807) is 30.3 Å². The molecule has 136 valence electrons. The smallest absolute Gasteiger partial charge is 0.337 e. The Labute approximate surface area is 153 Å². The quantitative estimate of drug-likeness (QED) is 0.608. The van der Waals surface area contributed by atoms with Crippen molar-refractivity contribution in [2.24, 2.45) is 0 Å². The molecule has 1 unspecified atom stereocenters. The third-order valence-corrected chi connectivity index (χ3v) is 3.81. The van der Waals surface area contributed by atoms with Crippen LogP contribution >= 0.6 is 0 Å². The molecule has 26 heavy (non-hydrogen) atoms. The molecule has 5 nitrogen and oxygen atoms in total. The van der Waals surface area contributed by atoms with Crippen LogP contribution in [0.2, 0.25) is 0 Å². The van der Waals surface area contributed by atoms with E-state index in [0.29, 0.717) is 12.2 Å². The lowest BCUT2D eigenvalue weighted by atomic mass is 10.1. The molecular formula is C21H23NO4. The summed E-state index contributed by atoms with van der Waals surface area (Å²) in [4.78, 5) is 23.5. The molecule has 0 spiro atoms. The van der Waals surface area contributed by atoms with Crippen molar-refractivity contribution in [3.63, 3.8) is 0 Å². The van der Waals surface area contributed by atoms with Gasteiger partial charge in [0.2, 0.25) is 5.91 Å². The minimum atomic E-state index is -0.387. The molecule has 2 aromatic carbocycles. The average molecular weight is 353 g/mol. The van der Waals surface area contributed by atoms with Crippen LogP contribution in [0.25, 0.3) is 6.08 Å². The summed E-state index contributed by atoms with van der Waals surface area (Å²) in [6.45, 7) is 4.48. The highest BCUT2D eigenvalue weighted by Gasteiger charge is 2.08. The zero-order valence-corrected chi connectivity index (χ0v) is 15.2. The number of rotatable bonds is 7. The Kier molecular flexibility index (Phi) is 6.97.